The fourth-order valence-corrected chi connectivity index (χ4v) is 5.33. The van der Waals surface area contributed by atoms with Crippen LogP contribution in [0, 0.1) is 17.8 Å². The summed E-state index contributed by atoms with van der Waals surface area (Å²) in [6.45, 7) is 4.40. The third kappa shape index (κ3) is 9.53. The predicted octanol–water partition coefficient (Wildman–Crippen LogP) is 1.55. The maximum absolute atomic E-state index is 14.2. The second-order valence-electron chi connectivity index (χ2n) is 11.5. The van der Waals surface area contributed by atoms with E-state index in [0.29, 0.717) is 19.4 Å². The number of nitrogens with two attached hydrogens (primary N) is 2. The Morgan fingerprint density at radius 1 is 1.05 bits per heavy atom. The van der Waals surface area contributed by atoms with Gasteiger partial charge in [-0.05, 0) is 36.3 Å². The number of Topliss-reactive ketones (excluding diaryl/α,β-unsaturated/α-hetero) is 1. The molecule has 0 radical (unpaired) electrons. The van der Waals surface area contributed by atoms with Gasteiger partial charge in [0.25, 0.3) is 0 Å². The van der Waals surface area contributed by atoms with Gasteiger partial charge in [0.2, 0.25) is 11.8 Å². The van der Waals surface area contributed by atoms with Gasteiger partial charge in [0.1, 0.15) is 12.1 Å². The number of aliphatic hydroxyl groups is 1. The summed E-state index contributed by atoms with van der Waals surface area (Å²) in [5.41, 5.74) is 13.4. The van der Waals surface area contributed by atoms with Crippen LogP contribution in [0.3, 0.4) is 0 Å². The number of ketones is 1. The molecule has 2 amide bonds. The van der Waals surface area contributed by atoms with E-state index in [0.717, 1.165) is 37.7 Å². The van der Waals surface area contributed by atoms with Gasteiger partial charge in [-0.1, -0.05) is 76.3 Å². The van der Waals surface area contributed by atoms with Crippen LogP contribution in [0.2, 0.25) is 0 Å². The van der Waals surface area contributed by atoms with Gasteiger partial charge >= 0.3 is 0 Å². The Balaban J connectivity index is 1.82. The molecule has 1 aromatic heterocycles. The van der Waals surface area contributed by atoms with Gasteiger partial charge in [0.05, 0.1) is 18.7 Å². The van der Waals surface area contributed by atoms with E-state index in [-0.39, 0.29) is 24.2 Å². The number of aliphatic hydroxyl groups excluding tert-OH is 1. The Hall–Kier alpha value is -3.08. The van der Waals surface area contributed by atoms with Crippen molar-refractivity contribution in [3.05, 3.63) is 54.4 Å². The number of carbonyl (C=O) groups is 3. The number of nitrogens with one attached hydrogen (secondary N) is 2. The highest BCUT2D eigenvalue weighted by molar-refractivity contribution is 5.93. The van der Waals surface area contributed by atoms with Crippen molar-refractivity contribution in [2.75, 3.05) is 6.54 Å². The van der Waals surface area contributed by atoms with Crippen molar-refractivity contribution in [1.82, 2.24) is 20.4 Å². The van der Waals surface area contributed by atoms with E-state index in [9.17, 15) is 19.5 Å². The van der Waals surface area contributed by atoms with Crippen LogP contribution in [-0.4, -0.2) is 63.3 Å². The van der Waals surface area contributed by atoms with E-state index in [4.69, 9.17) is 11.5 Å². The first-order valence-corrected chi connectivity index (χ1v) is 14.5. The summed E-state index contributed by atoms with van der Waals surface area (Å²) >= 11 is 0. The third-order valence-corrected chi connectivity index (χ3v) is 7.67. The smallest absolute Gasteiger partial charge is 0.239 e. The molecule has 1 fully saturated rings. The van der Waals surface area contributed by atoms with E-state index in [1.807, 2.05) is 44.2 Å². The summed E-state index contributed by atoms with van der Waals surface area (Å²) in [7, 11) is 0. The zero-order chi connectivity index (χ0) is 29.1. The van der Waals surface area contributed by atoms with Crippen LogP contribution in [0.25, 0.3) is 0 Å². The van der Waals surface area contributed by atoms with Crippen molar-refractivity contribution >= 4 is 17.6 Å². The zero-order valence-corrected chi connectivity index (χ0v) is 23.7. The highest BCUT2D eigenvalue weighted by atomic mass is 16.3. The molecule has 1 aromatic carbocycles. The van der Waals surface area contributed by atoms with Crippen LogP contribution in [0.1, 0.15) is 57.9 Å². The average molecular weight is 555 g/mol. The fourth-order valence-electron chi connectivity index (χ4n) is 5.33. The van der Waals surface area contributed by atoms with Crippen LogP contribution in [0.4, 0.5) is 0 Å². The van der Waals surface area contributed by atoms with Crippen molar-refractivity contribution in [2.45, 2.75) is 89.6 Å². The largest absolute Gasteiger partial charge is 0.390 e. The minimum absolute atomic E-state index is 0.0678. The van der Waals surface area contributed by atoms with E-state index in [1.165, 1.54) is 0 Å². The fraction of sp³-hybridized carbons (Fsp3) is 0.600. The molecule has 7 N–H and O–H groups in total. The first kappa shape index (κ1) is 31.4. The Morgan fingerprint density at radius 2 is 1.75 bits per heavy atom. The standard InChI is InChI=1S/C30H46N6O4/c1-20(2)18-33-30(40)26(32)28(38)23(16-21-10-5-3-6-11-21)27(37)25(19-36-15-9-14-34-36)35-29(39)24(31)17-22-12-7-4-8-13-22/h4,7-9,12-15,20-21,23-26,28,38H,3,5-6,10-11,16-19,31-32H2,1-2H3,(H,33,40)(H,35,39)/t23-,24+,25+,26?,28+/m1/s1. The maximum atomic E-state index is 14.2. The highest BCUT2D eigenvalue weighted by Crippen LogP contribution is 2.31. The van der Waals surface area contributed by atoms with Crippen molar-refractivity contribution < 1.29 is 19.5 Å². The van der Waals surface area contributed by atoms with Crippen molar-refractivity contribution in [2.24, 2.45) is 29.2 Å². The number of hydrogen-bond donors (Lipinski definition) is 5. The van der Waals surface area contributed by atoms with Gasteiger partial charge in [-0.15, -0.1) is 0 Å². The number of nitrogens with zero attached hydrogens (tertiary/aromatic N) is 2. The molecule has 3 rings (SSSR count). The molecule has 1 aliphatic carbocycles. The Bertz CT molecular complexity index is 1060. The summed E-state index contributed by atoms with van der Waals surface area (Å²) < 4.78 is 1.56. The molecule has 40 heavy (non-hydrogen) atoms. The molecule has 0 bridgehead atoms. The molecule has 10 heteroatoms. The zero-order valence-electron chi connectivity index (χ0n) is 23.7. The van der Waals surface area contributed by atoms with E-state index in [2.05, 4.69) is 15.7 Å². The number of rotatable bonds is 15. The normalized spacial score (nSPS) is 17.9. The van der Waals surface area contributed by atoms with E-state index < -0.39 is 42.0 Å². The summed E-state index contributed by atoms with van der Waals surface area (Å²) in [6.07, 6.45) is 7.75. The van der Waals surface area contributed by atoms with Crippen molar-refractivity contribution in [3.63, 3.8) is 0 Å². The Labute approximate surface area is 237 Å². The number of aromatic nitrogens is 2. The van der Waals surface area contributed by atoms with Crippen LogP contribution >= 0.6 is 0 Å². The molecule has 1 unspecified atom stereocenters. The summed E-state index contributed by atoms with van der Waals surface area (Å²) in [5, 5.41) is 21.2. The summed E-state index contributed by atoms with van der Waals surface area (Å²) in [5.74, 6) is -1.85. The second kappa shape index (κ2) is 15.6. The summed E-state index contributed by atoms with van der Waals surface area (Å²) in [4.78, 5) is 40.1. The lowest BCUT2D eigenvalue weighted by atomic mass is 9.77. The first-order chi connectivity index (χ1) is 19.2. The lowest BCUT2D eigenvalue weighted by molar-refractivity contribution is -0.136. The first-order valence-electron chi connectivity index (χ1n) is 14.5. The molecule has 1 heterocycles. The van der Waals surface area contributed by atoms with Gasteiger partial charge in [-0.3, -0.25) is 19.1 Å². The highest BCUT2D eigenvalue weighted by Gasteiger charge is 2.40. The second-order valence-corrected chi connectivity index (χ2v) is 11.5. The third-order valence-electron chi connectivity index (χ3n) is 7.67. The molecular formula is C30H46N6O4. The molecular weight excluding hydrogens is 508 g/mol. The van der Waals surface area contributed by atoms with Crippen LogP contribution in [0.15, 0.2) is 48.8 Å². The lowest BCUT2D eigenvalue weighted by Gasteiger charge is -2.33. The molecule has 1 saturated carbocycles. The minimum Gasteiger partial charge on any atom is -0.390 e. The van der Waals surface area contributed by atoms with Gasteiger partial charge < -0.3 is 27.2 Å². The van der Waals surface area contributed by atoms with Crippen LogP contribution in [-0.2, 0) is 27.3 Å². The minimum atomic E-state index is -1.41. The molecule has 220 valence electrons. The number of amides is 2. The average Bonchev–Trinajstić information content (AvgIpc) is 3.47. The Morgan fingerprint density at radius 3 is 2.38 bits per heavy atom. The molecule has 10 nitrogen and oxygen atoms in total. The molecule has 2 aromatic rings. The van der Waals surface area contributed by atoms with Crippen molar-refractivity contribution in [3.8, 4) is 0 Å². The van der Waals surface area contributed by atoms with Gasteiger partial charge in [-0.2, -0.15) is 5.10 Å². The molecule has 0 spiro atoms. The Kier molecular flexibility index (Phi) is 12.3. The predicted molar refractivity (Wildman–Crippen MR) is 154 cm³/mol. The molecule has 1 aliphatic rings. The maximum Gasteiger partial charge on any atom is 0.239 e. The number of hydrogen-bond acceptors (Lipinski definition) is 7. The van der Waals surface area contributed by atoms with Crippen LogP contribution in [0.5, 0.6) is 0 Å². The monoisotopic (exact) mass is 554 g/mol. The van der Waals surface area contributed by atoms with E-state index >= 15 is 0 Å². The molecule has 0 saturated heterocycles. The van der Waals surface area contributed by atoms with Gasteiger partial charge in [-0.25, -0.2) is 0 Å². The lowest BCUT2D eigenvalue weighted by Crippen LogP contribution is -2.57. The SMILES string of the molecule is CC(C)CNC(=O)C(N)[C@@H](O)[C@H](CC1CCCCC1)C(=O)[C@H](Cn1cccn1)NC(=O)[C@@H](N)Cc1ccccc1. The number of benzene rings is 1. The topological polar surface area (TPSA) is 165 Å². The molecule has 0 aliphatic heterocycles. The van der Waals surface area contributed by atoms with Gasteiger partial charge in [0, 0.05) is 24.9 Å². The molecule has 5 atom stereocenters. The quantitative estimate of drug-likeness (QED) is 0.223. The van der Waals surface area contributed by atoms with Gasteiger partial charge in [0.15, 0.2) is 5.78 Å². The van der Waals surface area contributed by atoms with E-state index in [1.54, 1.807) is 23.1 Å². The van der Waals surface area contributed by atoms with Crippen LogP contribution < -0.4 is 22.1 Å². The summed E-state index contributed by atoms with van der Waals surface area (Å²) in [6, 6.07) is 7.99. The number of carbonyl (C=O) groups excluding carboxylic acids is 3. The van der Waals surface area contributed by atoms with Crippen molar-refractivity contribution in [1.29, 1.82) is 0 Å².